The van der Waals surface area contributed by atoms with Crippen LogP contribution in [0.2, 0.25) is 0 Å². The van der Waals surface area contributed by atoms with Gasteiger partial charge in [-0.25, -0.2) is 18.4 Å². The molecule has 1 aromatic heterocycles. The fourth-order valence-electron chi connectivity index (χ4n) is 5.36. The topological polar surface area (TPSA) is 130 Å². The predicted octanol–water partition coefficient (Wildman–Crippen LogP) is 4.77. The molecule has 2 fully saturated rings. The van der Waals surface area contributed by atoms with Crippen molar-refractivity contribution in [2.45, 2.75) is 63.9 Å². The molecular weight excluding hydrogens is 587 g/mol. The summed E-state index contributed by atoms with van der Waals surface area (Å²) >= 11 is 0. The van der Waals surface area contributed by atoms with Gasteiger partial charge in [0.15, 0.2) is 11.6 Å². The number of nitrogens with one attached hydrogen (secondary N) is 1. The number of hydrogen-bond donors (Lipinski definition) is 1. The van der Waals surface area contributed by atoms with Gasteiger partial charge in [-0.15, -0.1) is 0 Å². The van der Waals surface area contributed by atoms with E-state index in [1.165, 1.54) is 23.0 Å². The fourth-order valence-corrected chi connectivity index (χ4v) is 6.67. The quantitative estimate of drug-likeness (QED) is 0.380. The second-order valence-corrected chi connectivity index (χ2v) is 13.5. The molecule has 1 aliphatic carbocycles. The first-order chi connectivity index (χ1) is 21.0. The van der Waals surface area contributed by atoms with Crippen molar-refractivity contribution in [2.75, 3.05) is 37.4 Å². The lowest BCUT2D eigenvalue weighted by Gasteiger charge is -2.35. The number of aromatic nitrogens is 2. The molecule has 2 aliphatic rings. The number of fused-ring (bicyclic) bond motifs is 1. The van der Waals surface area contributed by atoms with E-state index in [-0.39, 0.29) is 45.0 Å². The summed E-state index contributed by atoms with van der Waals surface area (Å²) in [5.74, 6) is -0.902. The summed E-state index contributed by atoms with van der Waals surface area (Å²) in [4.78, 5) is 34.0. The van der Waals surface area contributed by atoms with Crippen molar-refractivity contribution in [1.29, 1.82) is 5.26 Å². The predicted molar refractivity (Wildman–Crippen MR) is 165 cm³/mol. The van der Waals surface area contributed by atoms with Gasteiger partial charge in [0.25, 0.3) is 5.56 Å². The molecule has 1 amide bonds. The van der Waals surface area contributed by atoms with Gasteiger partial charge in [-0.1, -0.05) is 12.8 Å². The molecule has 11 nitrogen and oxygen atoms in total. The van der Waals surface area contributed by atoms with E-state index in [2.05, 4.69) is 14.6 Å². The number of benzene rings is 2. The van der Waals surface area contributed by atoms with Gasteiger partial charge in [-0.3, -0.25) is 14.3 Å². The van der Waals surface area contributed by atoms with Crippen molar-refractivity contribution in [2.24, 2.45) is 0 Å². The van der Waals surface area contributed by atoms with Crippen molar-refractivity contribution in [3.8, 4) is 17.6 Å². The summed E-state index contributed by atoms with van der Waals surface area (Å²) in [6, 6.07) is 9.16. The third kappa shape index (κ3) is 7.36. The van der Waals surface area contributed by atoms with Gasteiger partial charge in [-0.05, 0) is 63.9 Å². The molecule has 5 rings (SSSR count). The van der Waals surface area contributed by atoms with Crippen LogP contribution in [0, 0.1) is 17.1 Å². The zero-order valence-electron chi connectivity index (χ0n) is 25.2. The number of anilines is 1. The third-order valence-corrected chi connectivity index (χ3v) is 9.23. The lowest BCUT2D eigenvalue weighted by molar-refractivity contribution is 0.0142. The number of hydrogen-bond acceptors (Lipinski definition) is 8. The number of amides is 1. The van der Waals surface area contributed by atoms with E-state index in [0.29, 0.717) is 44.8 Å². The Morgan fingerprint density at radius 3 is 2.55 bits per heavy atom. The molecule has 1 unspecified atom stereocenters. The maximum atomic E-state index is 14.9. The summed E-state index contributed by atoms with van der Waals surface area (Å²) in [6.07, 6.45) is 4.85. The van der Waals surface area contributed by atoms with E-state index in [1.807, 2.05) is 26.8 Å². The highest BCUT2D eigenvalue weighted by atomic mass is 32.2. The summed E-state index contributed by atoms with van der Waals surface area (Å²) in [6.45, 7) is 8.87. The standard InChI is InChI=1S/C31H37FN6O5S/c1-31(2,3)43-30(40)37-15-12-36(13-16-37)14-17-38-20-34-26-10-8-21(18-23(26)29(38)39)42-28-24(19-33)27(11-9-25(28)32)35-44(41)22-6-4-5-7-22/h8-11,18,20,22,35H,4-7,12-17H2,1-3H3. The molecule has 3 aromatic rings. The van der Waals surface area contributed by atoms with Crippen LogP contribution in [0.3, 0.4) is 0 Å². The van der Waals surface area contributed by atoms with Gasteiger partial charge in [0, 0.05) is 39.3 Å². The lowest BCUT2D eigenvalue weighted by atomic mass is 10.1. The first-order valence-corrected chi connectivity index (χ1v) is 16.0. The van der Waals surface area contributed by atoms with Crippen LogP contribution < -0.4 is 15.0 Å². The normalized spacial score (nSPS) is 16.9. The number of piperazine rings is 1. The molecule has 0 spiro atoms. The van der Waals surface area contributed by atoms with Crippen LogP contribution in [0.15, 0.2) is 41.5 Å². The Hall–Kier alpha value is -4.02. The summed E-state index contributed by atoms with van der Waals surface area (Å²) < 4.78 is 43.4. The van der Waals surface area contributed by atoms with Gasteiger partial charge >= 0.3 is 6.09 Å². The molecule has 1 aliphatic heterocycles. The smallest absolute Gasteiger partial charge is 0.410 e. The average molecular weight is 625 g/mol. The highest BCUT2D eigenvalue weighted by molar-refractivity contribution is 7.87. The van der Waals surface area contributed by atoms with Crippen molar-refractivity contribution in [3.05, 3.63) is 58.4 Å². The largest absolute Gasteiger partial charge is 0.453 e. The van der Waals surface area contributed by atoms with Crippen LogP contribution in [0.4, 0.5) is 14.9 Å². The van der Waals surface area contributed by atoms with Crippen LogP contribution in [-0.4, -0.2) is 73.2 Å². The number of nitrogens with zero attached hydrogens (tertiary/aromatic N) is 5. The number of ether oxygens (including phenoxy) is 2. The van der Waals surface area contributed by atoms with Crippen LogP contribution in [0.1, 0.15) is 52.0 Å². The van der Waals surface area contributed by atoms with Crippen LogP contribution >= 0.6 is 0 Å². The van der Waals surface area contributed by atoms with Crippen LogP contribution in [-0.2, 0) is 22.3 Å². The second kappa shape index (κ2) is 13.3. The molecule has 44 heavy (non-hydrogen) atoms. The molecule has 1 saturated heterocycles. The van der Waals surface area contributed by atoms with Crippen LogP contribution in [0.5, 0.6) is 11.5 Å². The summed E-state index contributed by atoms with van der Waals surface area (Å²) in [7, 11) is -1.41. The van der Waals surface area contributed by atoms with Gasteiger partial charge < -0.3 is 19.1 Å². The Labute approximate surface area is 258 Å². The van der Waals surface area contributed by atoms with Gasteiger partial charge in [0.1, 0.15) is 34.0 Å². The maximum absolute atomic E-state index is 14.9. The Balaban J connectivity index is 1.27. The summed E-state index contributed by atoms with van der Waals surface area (Å²) in [5.41, 5.74) is -0.255. The number of halogens is 1. The molecule has 1 atom stereocenters. The van der Waals surface area contributed by atoms with E-state index < -0.39 is 22.4 Å². The van der Waals surface area contributed by atoms with E-state index in [0.717, 1.165) is 31.7 Å². The minimum absolute atomic E-state index is 0.0204. The van der Waals surface area contributed by atoms with Gasteiger partial charge in [-0.2, -0.15) is 5.26 Å². The Kier molecular flexibility index (Phi) is 9.51. The second-order valence-electron chi connectivity index (χ2n) is 12.0. The van der Waals surface area contributed by atoms with Crippen LogP contribution in [0.25, 0.3) is 10.9 Å². The molecule has 0 bridgehead atoms. The molecule has 0 radical (unpaired) electrons. The highest BCUT2D eigenvalue weighted by Gasteiger charge is 2.26. The third-order valence-electron chi connectivity index (χ3n) is 7.73. The first kappa shape index (κ1) is 31.4. The first-order valence-electron chi connectivity index (χ1n) is 14.8. The lowest BCUT2D eigenvalue weighted by Crippen LogP contribution is -2.50. The Morgan fingerprint density at radius 1 is 1.14 bits per heavy atom. The molecular formula is C31H37FN6O5S. The van der Waals surface area contributed by atoms with Crippen molar-refractivity contribution < 1.29 is 22.9 Å². The van der Waals surface area contributed by atoms with Gasteiger partial charge in [0.2, 0.25) is 0 Å². The number of nitriles is 1. The monoisotopic (exact) mass is 624 g/mol. The minimum atomic E-state index is -1.41. The zero-order chi connectivity index (χ0) is 31.4. The van der Waals surface area contributed by atoms with Crippen molar-refractivity contribution in [3.63, 3.8) is 0 Å². The molecule has 1 saturated carbocycles. The number of carbonyl (C=O) groups excluding carboxylic acids is 1. The molecule has 13 heteroatoms. The molecule has 2 aromatic carbocycles. The maximum Gasteiger partial charge on any atom is 0.410 e. The number of rotatable bonds is 8. The fraction of sp³-hybridized carbons (Fsp3) is 0.484. The minimum Gasteiger partial charge on any atom is -0.453 e. The average Bonchev–Trinajstić information content (AvgIpc) is 3.54. The van der Waals surface area contributed by atoms with E-state index >= 15 is 0 Å². The van der Waals surface area contributed by atoms with Crippen molar-refractivity contribution >= 4 is 33.7 Å². The van der Waals surface area contributed by atoms with E-state index in [9.17, 15) is 23.5 Å². The molecule has 234 valence electrons. The molecule has 1 N–H and O–H groups in total. The molecule has 2 heterocycles. The van der Waals surface area contributed by atoms with E-state index in [1.54, 1.807) is 17.0 Å². The Bertz CT molecular complexity index is 1650. The van der Waals surface area contributed by atoms with Crippen molar-refractivity contribution in [1.82, 2.24) is 19.4 Å². The summed E-state index contributed by atoms with van der Waals surface area (Å²) in [5, 5.41) is 10.1. The van der Waals surface area contributed by atoms with E-state index in [4.69, 9.17) is 9.47 Å². The Morgan fingerprint density at radius 2 is 1.86 bits per heavy atom. The highest BCUT2D eigenvalue weighted by Crippen LogP contribution is 2.35. The SMILES string of the molecule is CC(C)(C)OC(=O)N1CCN(CCn2cnc3ccc(Oc4c(F)ccc(NS(=O)C5CCCC5)c4C#N)cc3c2=O)CC1. The van der Waals surface area contributed by atoms with Gasteiger partial charge in [0.05, 0.1) is 28.2 Å². The number of carbonyl (C=O) groups is 1. The zero-order valence-corrected chi connectivity index (χ0v) is 26.0.